The number of rotatable bonds is 2. The predicted molar refractivity (Wildman–Crippen MR) is 53.9 cm³/mol. The number of nitro groups is 1. The van der Waals surface area contributed by atoms with Gasteiger partial charge in [-0.1, -0.05) is 11.8 Å². The number of hydrogen-bond acceptors (Lipinski definition) is 3. The summed E-state index contributed by atoms with van der Waals surface area (Å²) in [4.78, 5) is 9.92. The molecule has 0 saturated carbocycles. The number of nitrogens with one attached hydrogen (secondary N) is 1. The van der Waals surface area contributed by atoms with Gasteiger partial charge >= 0.3 is 0 Å². The molecule has 0 amide bonds. The lowest BCUT2D eigenvalue weighted by molar-refractivity contribution is -0.385. The normalized spacial score (nSPS) is 9.20. The molecule has 1 aromatic rings. The van der Waals surface area contributed by atoms with E-state index in [4.69, 9.17) is 0 Å². The molecular weight excluding hydrogens is 199 g/mol. The minimum atomic E-state index is -0.646. The lowest BCUT2D eigenvalue weighted by Gasteiger charge is -1.95. The van der Waals surface area contributed by atoms with E-state index in [9.17, 15) is 14.5 Å². The topological polar surface area (TPSA) is 55.2 Å². The predicted octanol–water partition coefficient (Wildman–Crippen LogP) is 1.30. The van der Waals surface area contributed by atoms with E-state index in [2.05, 4.69) is 17.2 Å². The van der Waals surface area contributed by atoms with E-state index in [1.807, 2.05) is 0 Å². The molecule has 5 heteroatoms. The highest BCUT2D eigenvalue weighted by Crippen LogP contribution is 2.18. The molecule has 0 heterocycles. The van der Waals surface area contributed by atoms with E-state index in [-0.39, 0.29) is 11.3 Å². The number of benzene rings is 1. The monoisotopic (exact) mass is 208 g/mol. The highest BCUT2D eigenvalue weighted by molar-refractivity contribution is 5.51. The second-order valence-corrected chi connectivity index (χ2v) is 2.75. The Morgan fingerprint density at radius 1 is 1.60 bits per heavy atom. The third-order valence-electron chi connectivity index (χ3n) is 1.64. The van der Waals surface area contributed by atoms with E-state index in [1.165, 1.54) is 6.07 Å². The maximum atomic E-state index is 12.7. The molecule has 0 fully saturated rings. The molecule has 4 nitrogen and oxygen atoms in total. The summed E-state index contributed by atoms with van der Waals surface area (Å²) in [6, 6.07) is 3.32. The Labute approximate surface area is 86.3 Å². The van der Waals surface area contributed by atoms with Crippen LogP contribution in [0.2, 0.25) is 0 Å². The van der Waals surface area contributed by atoms with Gasteiger partial charge in [0.05, 0.1) is 17.5 Å². The summed E-state index contributed by atoms with van der Waals surface area (Å²) >= 11 is 0. The summed E-state index contributed by atoms with van der Waals surface area (Å²) in [5.41, 5.74) is -0.0877. The number of nitrogens with zero attached hydrogens (tertiary/aromatic N) is 1. The first kappa shape index (κ1) is 11.1. The van der Waals surface area contributed by atoms with Crippen molar-refractivity contribution >= 4 is 5.69 Å². The van der Waals surface area contributed by atoms with E-state index >= 15 is 0 Å². The summed E-state index contributed by atoms with van der Waals surface area (Å²) in [7, 11) is 1.72. The second-order valence-electron chi connectivity index (χ2n) is 2.75. The van der Waals surface area contributed by atoms with Crippen molar-refractivity contribution in [3.63, 3.8) is 0 Å². The van der Waals surface area contributed by atoms with Crippen molar-refractivity contribution in [1.82, 2.24) is 5.32 Å². The Morgan fingerprint density at radius 3 is 2.93 bits per heavy atom. The average molecular weight is 208 g/mol. The maximum absolute atomic E-state index is 12.7. The molecule has 0 aromatic heterocycles. The van der Waals surface area contributed by atoms with Crippen molar-refractivity contribution in [1.29, 1.82) is 0 Å². The summed E-state index contributed by atoms with van der Waals surface area (Å²) in [5.74, 6) is 4.64. The average Bonchev–Trinajstić information content (AvgIpc) is 2.20. The lowest BCUT2D eigenvalue weighted by atomic mass is 10.2. The number of nitro benzene ring substituents is 1. The highest BCUT2D eigenvalue weighted by Gasteiger charge is 2.12. The van der Waals surface area contributed by atoms with Crippen LogP contribution >= 0.6 is 0 Å². The fourth-order valence-corrected chi connectivity index (χ4v) is 0.989. The molecule has 0 saturated heterocycles. The molecule has 78 valence electrons. The van der Waals surface area contributed by atoms with Crippen molar-refractivity contribution in [2.24, 2.45) is 0 Å². The molecule has 15 heavy (non-hydrogen) atoms. The fourth-order valence-electron chi connectivity index (χ4n) is 0.989. The lowest BCUT2D eigenvalue weighted by Crippen LogP contribution is -2.04. The summed E-state index contributed by atoms with van der Waals surface area (Å²) in [6.07, 6.45) is 0. The van der Waals surface area contributed by atoms with Crippen LogP contribution in [-0.4, -0.2) is 18.5 Å². The van der Waals surface area contributed by atoms with Crippen LogP contribution in [0.4, 0.5) is 10.1 Å². The zero-order valence-corrected chi connectivity index (χ0v) is 8.08. The standard InChI is InChI=1S/C10H9FN2O2/c1-12-6-2-3-8-4-5-9(11)7-10(8)13(14)15/h4-5,7,12H,6H2,1H3. The Balaban J connectivity index is 3.08. The third kappa shape index (κ3) is 3.04. The van der Waals surface area contributed by atoms with Crippen molar-refractivity contribution in [2.45, 2.75) is 0 Å². The number of hydrogen-bond donors (Lipinski definition) is 1. The van der Waals surface area contributed by atoms with Crippen LogP contribution in [0.1, 0.15) is 5.56 Å². The maximum Gasteiger partial charge on any atom is 0.287 e. The molecule has 0 spiro atoms. The van der Waals surface area contributed by atoms with Gasteiger partial charge in [0.15, 0.2) is 0 Å². The first-order valence-electron chi connectivity index (χ1n) is 4.22. The van der Waals surface area contributed by atoms with Crippen molar-refractivity contribution in [3.05, 3.63) is 39.7 Å². The zero-order valence-electron chi connectivity index (χ0n) is 8.08. The fraction of sp³-hybridized carbons (Fsp3) is 0.200. The molecule has 0 radical (unpaired) electrons. The SMILES string of the molecule is CNCC#Cc1ccc(F)cc1[N+](=O)[O-]. The minimum Gasteiger partial charge on any atom is -0.309 e. The Bertz CT molecular complexity index is 435. The van der Waals surface area contributed by atoms with Crippen LogP contribution in [0.3, 0.4) is 0 Å². The number of halogens is 1. The quantitative estimate of drug-likeness (QED) is 0.453. The van der Waals surface area contributed by atoms with Gasteiger partial charge in [0.25, 0.3) is 5.69 Å². The van der Waals surface area contributed by atoms with Gasteiger partial charge in [0, 0.05) is 0 Å². The molecule has 1 rings (SSSR count). The van der Waals surface area contributed by atoms with Gasteiger partial charge in [-0.05, 0) is 19.2 Å². The van der Waals surface area contributed by atoms with E-state index in [1.54, 1.807) is 7.05 Å². The summed E-state index contributed by atoms with van der Waals surface area (Å²) < 4.78 is 12.7. The highest BCUT2D eigenvalue weighted by atomic mass is 19.1. The molecule has 0 bridgehead atoms. The van der Waals surface area contributed by atoms with E-state index < -0.39 is 10.7 Å². The van der Waals surface area contributed by atoms with Crippen molar-refractivity contribution in [3.8, 4) is 11.8 Å². The zero-order chi connectivity index (χ0) is 11.3. The van der Waals surface area contributed by atoms with Crippen LogP contribution in [0.5, 0.6) is 0 Å². The Kier molecular flexibility index (Phi) is 3.77. The van der Waals surface area contributed by atoms with Gasteiger partial charge in [-0.2, -0.15) is 0 Å². The first-order chi connectivity index (χ1) is 7.15. The molecule has 0 aliphatic heterocycles. The minimum absolute atomic E-state index is 0.219. The molecule has 1 N–H and O–H groups in total. The van der Waals surface area contributed by atoms with Crippen LogP contribution in [0.25, 0.3) is 0 Å². The van der Waals surface area contributed by atoms with Crippen molar-refractivity contribution < 1.29 is 9.31 Å². The molecule has 0 aliphatic rings. The smallest absolute Gasteiger partial charge is 0.287 e. The van der Waals surface area contributed by atoms with Gasteiger partial charge in [-0.3, -0.25) is 10.1 Å². The molecule has 1 aromatic carbocycles. The van der Waals surface area contributed by atoms with Crippen LogP contribution < -0.4 is 5.32 Å². The van der Waals surface area contributed by atoms with Gasteiger partial charge in [-0.15, -0.1) is 0 Å². The molecule has 0 atom stereocenters. The molecule has 0 unspecified atom stereocenters. The van der Waals surface area contributed by atoms with Crippen LogP contribution in [0.15, 0.2) is 18.2 Å². The summed E-state index contributed by atoms with van der Waals surface area (Å²) in [5, 5.41) is 13.3. The molecular formula is C10H9FN2O2. The molecule has 0 aliphatic carbocycles. The van der Waals surface area contributed by atoms with E-state index in [0.717, 1.165) is 12.1 Å². The van der Waals surface area contributed by atoms with Gasteiger partial charge in [-0.25, -0.2) is 4.39 Å². The van der Waals surface area contributed by atoms with Crippen LogP contribution in [-0.2, 0) is 0 Å². The van der Waals surface area contributed by atoms with E-state index in [0.29, 0.717) is 6.54 Å². The third-order valence-corrected chi connectivity index (χ3v) is 1.64. The largest absolute Gasteiger partial charge is 0.309 e. The Morgan fingerprint density at radius 2 is 2.33 bits per heavy atom. The van der Waals surface area contributed by atoms with Gasteiger partial charge < -0.3 is 5.32 Å². The van der Waals surface area contributed by atoms with Crippen LogP contribution in [0, 0.1) is 27.8 Å². The van der Waals surface area contributed by atoms with Crippen molar-refractivity contribution in [2.75, 3.05) is 13.6 Å². The second kappa shape index (κ2) is 5.08. The van der Waals surface area contributed by atoms with Gasteiger partial charge in [0.2, 0.25) is 0 Å². The summed E-state index contributed by atoms with van der Waals surface area (Å²) in [6.45, 7) is 0.425. The van der Waals surface area contributed by atoms with Gasteiger partial charge in [0.1, 0.15) is 11.4 Å². The Hall–Kier alpha value is -1.93. The first-order valence-corrected chi connectivity index (χ1v) is 4.22.